The fourth-order valence-corrected chi connectivity index (χ4v) is 2.59. The van der Waals surface area contributed by atoms with Crippen LogP contribution in [0.4, 0.5) is 0 Å². The Bertz CT molecular complexity index is 680. The van der Waals surface area contributed by atoms with Gasteiger partial charge in [-0.3, -0.25) is 0 Å². The number of ether oxygens (including phenoxy) is 1. The summed E-state index contributed by atoms with van der Waals surface area (Å²) >= 11 is 1.23. The molecule has 0 fully saturated rings. The number of carbonyl (C=O) groups is 2. The van der Waals surface area contributed by atoms with Crippen LogP contribution in [0.3, 0.4) is 0 Å². The minimum atomic E-state index is -1.03. The highest BCUT2D eigenvalue weighted by molar-refractivity contribution is 7.98. The first-order chi connectivity index (χ1) is 10.0. The molecule has 0 unspecified atom stereocenters. The first kappa shape index (κ1) is 15.1. The Labute approximate surface area is 125 Å². The Morgan fingerprint density at radius 1 is 1.48 bits per heavy atom. The maximum absolute atomic E-state index is 11.5. The average Bonchev–Trinajstić information content (AvgIpc) is 2.85. The normalized spacial score (nSPS) is 10.4. The van der Waals surface area contributed by atoms with Gasteiger partial charge in [0.1, 0.15) is 10.8 Å². The summed E-state index contributed by atoms with van der Waals surface area (Å²) in [5.41, 5.74) is 0.816. The van der Waals surface area contributed by atoms with E-state index in [0.29, 0.717) is 22.1 Å². The molecule has 2 aromatic rings. The maximum atomic E-state index is 11.5. The van der Waals surface area contributed by atoms with Crippen LogP contribution in [0.1, 0.15) is 32.2 Å². The SMILES string of the molecule is COC(=O)c1oc(CSc2ncccc2C(=O)O)cc1C. The van der Waals surface area contributed by atoms with Gasteiger partial charge in [0.25, 0.3) is 0 Å². The molecule has 1 N–H and O–H groups in total. The van der Waals surface area contributed by atoms with Crippen molar-refractivity contribution >= 4 is 23.7 Å². The fourth-order valence-electron chi connectivity index (χ4n) is 1.72. The number of methoxy groups -OCH3 is 1. The summed E-state index contributed by atoms with van der Waals surface area (Å²) in [6, 6.07) is 4.79. The first-order valence-electron chi connectivity index (χ1n) is 6.01. The molecule has 0 radical (unpaired) electrons. The van der Waals surface area contributed by atoms with E-state index in [9.17, 15) is 9.59 Å². The predicted molar refractivity (Wildman–Crippen MR) is 75.5 cm³/mol. The van der Waals surface area contributed by atoms with Crippen LogP contribution >= 0.6 is 11.8 Å². The van der Waals surface area contributed by atoms with E-state index < -0.39 is 11.9 Å². The van der Waals surface area contributed by atoms with Crippen LogP contribution in [0.5, 0.6) is 0 Å². The topological polar surface area (TPSA) is 89.6 Å². The molecule has 7 heteroatoms. The number of thioether (sulfide) groups is 1. The maximum Gasteiger partial charge on any atom is 0.374 e. The number of aromatic carboxylic acids is 1. The van der Waals surface area contributed by atoms with Gasteiger partial charge in [-0.05, 0) is 25.1 Å². The largest absolute Gasteiger partial charge is 0.478 e. The predicted octanol–water partition coefficient (Wildman–Crippen LogP) is 2.76. The zero-order chi connectivity index (χ0) is 15.4. The molecule has 0 aliphatic heterocycles. The minimum Gasteiger partial charge on any atom is -0.478 e. The number of nitrogens with zero attached hydrogens (tertiary/aromatic N) is 1. The summed E-state index contributed by atoms with van der Waals surface area (Å²) in [5.74, 6) is -0.480. The van der Waals surface area contributed by atoms with Crippen molar-refractivity contribution in [3.63, 3.8) is 0 Å². The number of hydrogen-bond acceptors (Lipinski definition) is 6. The first-order valence-corrected chi connectivity index (χ1v) is 7.00. The van der Waals surface area contributed by atoms with Crippen molar-refractivity contribution in [3.05, 3.63) is 47.0 Å². The van der Waals surface area contributed by atoms with Gasteiger partial charge in [0, 0.05) is 11.8 Å². The zero-order valence-corrected chi connectivity index (χ0v) is 12.3. The number of furan rings is 1. The van der Waals surface area contributed by atoms with Crippen molar-refractivity contribution < 1.29 is 23.8 Å². The van der Waals surface area contributed by atoms with E-state index >= 15 is 0 Å². The molecule has 0 amide bonds. The van der Waals surface area contributed by atoms with E-state index in [1.807, 2.05) is 0 Å². The van der Waals surface area contributed by atoms with Gasteiger partial charge in [-0.1, -0.05) is 11.8 Å². The number of carbonyl (C=O) groups excluding carboxylic acids is 1. The van der Waals surface area contributed by atoms with E-state index in [1.54, 1.807) is 19.1 Å². The second kappa shape index (κ2) is 6.45. The van der Waals surface area contributed by atoms with Crippen molar-refractivity contribution in [2.24, 2.45) is 0 Å². The minimum absolute atomic E-state index is 0.138. The average molecular weight is 307 g/mol. The van der Waals surface area contributed by atoms with E-state index in [4.69, 9.17) is 9.52 Å². The van der Waals surface area contributed by atoms with Gasteiger partial charge in [0.2, 0.25) is 5.76 Å². The second-order valence-corrected chi connectivity index (χ2v) is 5.13. The number of pyridine rings is 1. The number of esters is 1. The monoisotopic (exact) mass is 307 g/mol. The van der Waals surface area contributed by atoms with E-state index in [1.165, 1.54) is 31.1 Å². The third-order valence-electron chi connectivity index (χ3n) is 2.69. The van der Waals surface area contributed by atoms with Crippen LogP contribution in [0.15, 0.2) is 33.8 Å². The zero-order valence-electron chi connectivity index (χ0n) is 11.5. The molecule has 0 saturated carbocycles. The molecule has 21 heavy (non-hydrogen) atoms. The van der Waals surface area contributed by atoms with Gasteiger partial charge in [-0.2, -0.15) is 0 Å². The Morgan fingerprint density at radius 3 is 2.90 bits per heavy atom. The molecular weight excluding hydrogens is 294 g/mol. The molecule has 0 aliphatic carbocycles. The summed E-state index contributed by atoms with van der Waals surface area (Å²) in [4.78, 5) is 26.6. The highest BCUT2D eigenvalue weighted by Crippen LogP contribution is 2.26. The van der Waals surface area contributed by atoms with Crippen molar-refractivity contribution in [2.75, 3.05) is 7.11 Å². The third-order valence-corrected chi connectivity index (χ3v) is 3.72. The van der Waals surface area contributed by atoms with Crippen LogP contribution in [-0.2, 0) is 10.5 Å². The van der Waals surface area contributed by atoms with E-state index in [2.05, 4.69) is 9.72 Å². The van der Waals surface area contributed by atoms with Crippen LogP contribution in [0.25, 0.3) is 0 Å². The smallest absolute Gasteiger partial charge is 0.374 e. The lowest BCUT2D eigenvalue weighted by Gasteiger charge is -2.02. The number of aryl methyl sites for hydroxylation is 1. The lowest BCUT2D eigenvalue weighted by atomic mass is 10.3. The van der Waals surface area contributed by atoms with Crippen molar-refractivity contribution in [1.29, 1.82) is 0 Å². The lowest BCUT2D eigenvalue weighted by molar-refractivity contribution is 0.0561. The molecule has 110 valence electrons. The number of aromatic nitrogens is 1. The molecule has 0 spiro atoms. The Morgan fingerprint density at radius 2 is 2.24 bits per heavy atom. The standard InChI is InChI=1S/C14H13NO5S/c1-8-6-9(20-11(8)14(18)19-2)7-21-12-10(13(16)17)4-3-5-15-12/h3-6H,7H2,1-2H3,(H,16,17). The van der Waals surface area contributed by atoms with Gasteiger partial charge in [0.05, 0.1) is 18.4 Å². The van der Waals surface area contributed by atoms with Gasteiger partial charge >= 0.3 is 11.9 Å². The number of carboxylic acids is 1. The summed E-state index contributed by atoms with van der Waals surface area (Å²) in [5, 5.41) is 9.48. The van der Waals surface area contributed by atoms with Gasteiger partial charge in [-0.15, -0.1) is 0 Å². The van der Waals surface area contributed by atoms with Gasteiger partial charge in [-0.25, -0.2) is 14.6 Å². The summed E-state index contributed by atoms with van der Waals surface area (Å²) in [7, 11) is 1.28. The highest BCUT2D eigenvalue weighted by atomic mass is 32.2. The third kappa shape index (κ3) is 3.43. The number of hydrogen-bond donors (Lipinski definition) is 1. The number of rotatable bonds is 5. The van der Waals surface area contributed by atoms with Crippen molar-refractivity contribution in [1.82, 2.24) is 4.98 Å². The van der Waals surface area contributed by atoms with E-state index in [0.717, 1.165) is 0 Å². The van der Waals surface area contributed by atoms with Crippen LogP contribution in [0.2, 0.25) is 0 Å². The Kier molecular flexibility index (Phi) is 4.64. The quantitative estimate of drug-likeness (QED) is 0.671. The second-order valence-electron chi connectivity index (χ2n) is 4.17. The van der Waals surface area contributed by atoms with E-state index in [-0.39, 0.29) is 11.3 Å². The molecule has 2 aromatic heterocycles. The molecule has 0 aliphatic rings. The Hall–Kier alpha value is -2.28. The van der Waals surface area contributed by atoms with Crippen molar-refractivity contribution in [2.45, 2.75) is 17.7 Å². The molecule has 0 atom stereocenters. The summed E-state index contributed by atoms with van der Waals surface area (Å²) in [6.45, 7) is 1.74. The molecule has 0 aromatic carbocycles. The molecule has 2 rings (SSSR count). The summed E-state index contributed by atoms with van der Waals surface area (Å²) < 4.78 is 10.0. The molecule has 2 heterocycles. The van der Waals surface area contributed by atoms with Crippen LogP contribution in [0, 0.1) is 6.92 Å². The highest BCUT2D eigenvalue weighted by Gasteiger charge is 2.17. The number of carboxylic acid groups (broad SMARTS) is 1. The van der Waals surface area contributed by atoms with Crippen molar-refractivity contribution in [3.8, 4) is 0 Å². The van der Waals surface area contributed by atoms with Crippen LogP contribution in [-0.4, -0.2) is 29.1 Å². The lowest BCUT2D eigenvalue weighted by Crippen LogP contribution is -2.00. The molecule has 0 saturated heterocycles. The van der Waals surface area contributed by atoms with Gasteiger partial charge < -0.3 is 14.3 Å². The molecular formula is C14H13NO5S. The summed E-state index contributed by atoms with van der Waals surface area (Å²) in [6.07, 6.45) is 1.53. The van der Waals surface area contributed by atoms with Gasteiger partial charge in [0.15, 0.2) is 0 Å². The molecule has 6 nitrogen and oxygen atoms in total. The van der Waals surface area contributed by atoms with Crippen LogP contribution < -0.4 is 0 Å². The Balaban J connectivity index is 2.14. The fraction of sp³-hybridized carbons (Fsp3) is 0.214. The molecule has 0 bridgehead atoms.